The predicted octanol–water partition coefficient (Wildman–Crippen LogP) is 14.5. The molecule has 0 unspecified atom stereocenters. The Hall–Kier alpha value is -8.36. The monoisotopic (exact) mass is 792 g/mol. The average molecular weight is 793 g/mol. The van der Waals surface area contributed by atoms with Crippen molar-refractivity contribution < 1.29 is 0 Å². The van der Waals surface area contributed by atoms with Crippen molar-refractivity contribution >= 4 is 103 Å². The van der Waals surface area contributed by atoms with Gasteiger partial charge >= 0.3 is 0 Å². The molecule has 0 aliphatic rings. The largest absolute Gasteiger partial charge is 0.318 e. The lowest BCUT2D eigenvalue weighted by Crippen LogP contribution is -2.08. The number of nitriles is 1. The van der Waals surface area contributed by atoms with Crippen LogP contribution in [-0.4, -0.2) is 19.1 Å². The highest BCUT2D eigenvalue weighted by Gasteiger charge is 2.32. The number of fused-ring (bicyclic) bond motifs is 10. The number of hydrogen-bond donors (Lipinski definition) is 0. The van der Waals surface area contributed by atoms with Crippen molar-refractivity contribution in [3.8, 4) is 39.7 Å². The molecule has 0 radical (unpaired) electrons. The number of benzene rings is 9. The molecule has 13 rings (SSSR count). The fourth-order valence-corrected chi connectivity index (χ4v) is 11.3. The summed E-state index contributed by atoms with van der Waals surface area (Å²) in [4.78, 5) is 14.2. The maximum absolute atomic E-state index is 11.7. The molecule has 0 saturated heterocycles. The SMILES string of the molecule is [C-]#[N+]c1c(-c2ccccc2)c(C#N)c(-n2c3ccccc3c3c4sc5ccccc5c4ccc32)c(-c2ccccc2)c1-n1c2cccc3c4nccnc4c4cccc1c4c32. The molecule has 61 heavy (non-hydrogen) atoms. The Morgan fingerprint density at radius 3 is 1.69 bits per heavy atom. The van der Waals surface area contributed by atoms with Gasteiger partial charge in [-0.2, -0.15) is 5.26 Å². The highest BCUT2D eigenvalue weighted by atomic mass is 32.1. The van der Waals surface area contributed by atoms with Crippen LogP contribution in [0.15, 0.2) is 170 Å². The van der Waals surface area contributed by atoms with Crippen LogP contribution in [0.5, 0.6) is 0 Å². The molecule has 0 aliphatic carbocycles. The molecular formula is C54H28N6S. The molecule has 280 valence electrons. The van der Waals surface area contributed by atoms with Crippen LogP contribution in [0.2, 0.25) is 0 Å². The molecule has 0 fully saturated rings. The van der Waals surface area contributed by atoms with Crippen molar-refractivity contribution in [1.29, 1.82) is 5.26 Å². The molecule has 4 heterocycles. The van der Waals surface area contributed by atoms with Crippen molar-refractivity contribution in [2.45, 2.75) is 0 Å². The second-order valence-electron chi connectivity index (χ2n) is 15.4. The van der Waals surface area contributed by atoms with E-state index in [0.29, 0.717) is 22.5 Å². The van der Waals surface area contributed by atoms with Crippen LogP contribution >= 0.6 is 11.3 Å². The van der Waals surface area contributed by atoms with Gasteiger partial charge in [0.25, 0.3) is 0 Å². The summed E-state index contributed by atoms with van der Waals surface area (Å²) in [6, 6.07) is 57.2. The Morgan fingerprint density at radius 1 is 0.492 bits per heavy atom. The lowest BCUT2D eigenvalue weighted by atomic mass is 9.88. The Balaban J connectivity index is 1.31. The number of nitrogens with zero attached hydrogens (tertiary/aromatic N) is 6. The van der Waals surface area contributed by atoms with Crippen LogP contribution in [0, 0.1) is 17.9 Å². The van der Waals surface area contributed by atoms with Gasteiger partial charge in [0.1, 0.15) is 6.07 Å². The van der Waals surface area contributed by atoms with Gasteiger partial charge in [-0.1, -0.05) is 127 Å². The quantitative estimate of drug-likeness (QED) is 0.132. The molecule has 0 spiro atoms. The van der Waals surface area contributed by atoms with Crippen molar-refractivity contribution in [1.82, 2.24) is 19.1 Å². The minimum Gasteiger partial charge on any atom is -0.318 e. The summed E-state index contributed by atoms with van der Waals surface area (Å²) in [5, 5.41) is 20.5. The Bertz CT molecular complexity index is 3980. The van der Waals surface area contributed by atoms with Gasteiger partial charge in [-0.05, 0) is 41.5 Å². The summed E-state index contributed by atoms with van der Waals surface area (Å²) in [6.07, 6.45) is 3.50. The molecule has 7 heteroatoms. The number of aromatic nitrogens is 4. The minimum absolute atomic E-state index is 0.403. The fourth-order valence-electron chi connectivity index (χ4n) is 10.1. The summed E-state index contributed by atoms with van der Waals surface area (Å²) < 4.78 is 7.01. The second kappa shape index (κ2) is 12.6. The number of hydrogen-bond acceptors (Lipinski definition) is 4. The number of rotatable bonds is 4. The van der Waals surface area contributed by atoms with Crippen LogP contribution in [0.4, 0.5) is 5.69 Å². The summed E-state index contributed by atoms with van der Waals surface area (Å²) in [5.74, 6) is 0. The Morgan fingerprint density at radius 2 is 1.03 bits per heavy atom. The Kier molecular flexibility index (Phi) is 6.92. The minimum atomic E-state index is 0.403. The topological polar surface area (TPSA) is 63.8 Å². The third-order valence-corrected chi connectivity index (χ3v) is 13.6. The van der Waals surface area contributed by atoms with Gasteiger partial charge in [-0.25, -0.2) is 4.85 Å². The van der Waals surface area contributed by atoms with Crippen LogP contribution in [0.1, 0.15) is 5.56 Å². The third-order valence-electron chi connectivity index (χ3n) is 12.4. The van der Waals surface area contributed by atoms with Crippen molar-refractivity contribution in [2.75, 3.05) is 0 Å². The molecule has 4 aromatic heterocycles. The Labute approximate surface area is 352 Å². The lowest BCUT2D eigenvalue weighted by molar-refractivity contribution is 1.13. The third kappa shape index (κ3) is 4.42. The summed E-state index contributed by atoms with van der Waals surface area (Å²) in [6.45, 7) is 9.15. The van der Waals surface area contributed by atoms with Crippen molar-refractivity contribution in [2.24, 2.45) is 0 Å². The standard InChI is InChI=1S/C54H28N6S/c1-56-51-44(31-14-4-2-5-15-31)38(30-55)52(59-39-22-10-8-19-35(39)48-42(59)27-26-34-33-18-9-11-25-43(33)61-54(34)48)45(32-16-6-3-7-17-32)53(51)60-40-23-12-20-36-46(40)47-37(21-13-24-41(47)60)50-49(36)57-28-29-58-50/h2-29H. The fraction of sp³-hybridized carbons (Fsp3) is 0. The molecular weight excluding hydrogens is 765 g/mol. The van der Waals surface area contributed by atoms with E-state index in [1.165, 1.54) is 20.2 Å². The van der Waals surface area contributed by atoms with Gasteiger partial charge in [0, 0.05) is 76.0 Å². The predicted molar refractivity (Wildman–Crippen MR) is 252 cm³/mol. The first kappa shape index (κ1) is 33.6. The molecule has 0 amide bonds. The normalized spacial score (nSPS) is 11.9. The first-order chi connectivity index (χ1) is 30.2. The van der Waals surface area contributed by atoms with Gasteiger partial charge in [0.15, 0.2) is 0 Å². The lowest BCUT2D eigenvalue weighted by Gasteiger charge is -2.25. The number of thiophene rings is 1. The average Bonchev–Trinajstić information content (AvgIpc) is 3.99. The van der Waals surface area contributed by atoms with Crippen LogP contribution in [0.25, 0.3) is 124 Å². The molecule has 0 atom stereocenters. The molecule has 0 saturated carbocycles. The maximum Gasteiger partial charge on any atom is 0.220 e. The van der Waals surface area contributed by atoms with Crippen molar-refractivity contribution in [3.63, 3.8) is 0 Å². The van der Waals surface area contributed by atoms with Crippen LogP contribution in [-0.2, 0) is 0 Å². The van der Waals surface area contributed by atoms with Gasteiger partial charge in [0.05, 0.1) is 56.6 Å². The van der Waals surface area contributed by atoms with E-state index in [1.54, 1.807) is 23.7 Å². The van der Waals surface area contributed by atoms with Gasteiger partial charge in [-0.15, -0.1) is 11.3 Å². The highest BCUT2D eigenvalue weighted by Crippen LogP contribution is 2.54. The van der Waals surface area contributed by atoms with Gasteiger partial charge in [0.2, 0.25) is 5.69 Å². The molecule has 0 N–H and O–H groups in total. The first-order valence-corrected chi connectivity index (χ1v) is 20.9. The molecule has 13 aromatic rings. The molecule has 0 aliphatic heterocycles. The first-order valence-electron chi connectivity index (χ1n) is 20.1. The van der Waals surface area contributed by atoms with Crippen LogP contribution < -0.4 is 0 Å². The van der Waals surface area contributed by atoms with Gasteiger partial charge in [-0.3, -0.25) is 9.97 Å². The van der Waals surface area contributed by atoms with E-state index in [1.807, 2.05) is 48.5 Å². The van der Waals surface area contributed by atoms with E-state index >= 15 is 0 Å². The zero-order valence-electron chi connectivity index (χ0n) is 32.3. The van der Waals surface area contributed by atoms with E-state index in [4.69, 9.17) is 16.5 Å². The van der Waals surface area contributed by atoms with Gasteiger partial charge < -0.3 is 9.13 Å². The van der Waals surface area contributed by atoms with E-state index in [-0.39, 0.29) is 0 Å². The second-order valence-corrected chi connectivity index (χ2v) is 16.5. The smallest absolute Gasteiger partial charge is 0.220 e. The van der Waals surface area contributed by atoms with Crippen molar-refractivity contribution in [3.05, 3.63) is 187 Å². The molecule has 9 aromatic carbocycles. The number of para-hydroxylation sites is 1. The van der Waals surface area contributed by atoms with E-state index in [9.17, 15) is 5.26 Å². The van der Waals surface area contributed by atoms with E-state index < -0.39 is 0 Å². The van der Waals surface area contributed by atoms with E-state index in [2.05, 4.69) is 129 Å². The molecule has 0 bridgehead atoms. The summed E-state index contributed by atoms with van der Waals surface area (Å²) >= 11 is 1.81. The maximum atomic E-state index is 11.7. The summed E-state index contributed by atoms with van der Waals surface area (Å²) in [5.41, 5.74) is 10.9. The van der Waals surface area contributed by atoms with E-state index in [0.717, 1.165) is 87.8 Å². The molecule has 6 nitrogen and oxygen atoms in total. The van der Waals surface area contributed by atoms with Crippen LogP contribution in [0.3, 0.4) is 0 Å². The summed E-state index contributed by atoms with van der Waals surface area (Å²) in [7, 11) is 0. The highest BCUT2D eigenvalue weighted by molar-refractivity contribution is 7.26. The zero-order chi connectivity index (χ0) is 40.3. The zero-order valence-corrected chi connectivity index (χ0v) is 33.1.